The van der Waals surface area contributed by atoms with E-state index in [0.717, 1.165) is 16.8 Å². The Hall–Kier alpha value is -1.88. The Morgan fingerprint density at radius 1 is 1.37 bits per heavy atom. The lowest BCUT2D eigenvalue weighted by Crippen LogP contribution is -2.39. The number of benzene rings is 1. The van der Waals surface area contributed by atoms with Crippen LogP contribution in [0.5, 0.6) is 0 Å². The monoisotopic (exact) mass is 261 g/mol. The lowest BCUT2D eigenvalue weighted by atomic mass is 9.99. The fraction of sp³-hybridized carbons (Fsp3) is 0.429. The molecular weight excluding hydrogens is 242 g/mol. The molecule has 1 unspecified atom stereocenters. The zero-order chi connectivity index (χ0) is 14.0. The maximum atomic E-state index is 9.99. The topological polar surface area (TPSA) is 71.2 Å². The Labute approximate surface area is 112 Å². The summed E-state index contributed by atoms with van der Waals surface area (Å²) in [5, 5.41) is 20.9. The minimum Gasteiger partial charge on any atom is -0.423 e. The van der Waals surface area contributed by atoms with Crippen LogP contribution in [0, 0.1) is 6.92 Å². The molecule has 1 aromatic carbocycles. The number of nitrogens with one attached hydrogen (secondary N) is 1. The molecule has 0 saturated heterocycles. The fourth-order valence-corrected chi connectivity index (χ4v) is 1.62. The maximum Gasteiger partial charge on any atom is 0.247 e. The Balaban J connectivity index is 2.28. The van der Waals surface area contributed by atoms with Crippen molar-refractivity contribution in [3.8, 4) is 11.5 Å². The normalized spacial score (nSPS) is 13.3. The summed E-state index contributed by atoms with van der Waals surface area (Å²) in [6, 6.07) is 5.79. The first-order valence-electron chi connectivity index (χ1n) is 6.24. The molecule has 102 valence electrons. The molecule has 0 amide bonds. The van der Waals surface area contributed by atoms with Gasteiger partial charge < -0.3 is 14.8 Å². The van der Waals surface area contributed by atoms with Crippen molar-refractivity contribution < 1.29 is 9.52 Å². The predicted octanol–water partition coefficient (Wildman–Crippen LogP) is 2.62. The third-order valence-electron chi connectivity index (χ3n) is 3.28. The van der Waals surface area contributed by atoms with Gasteiger partial charge in [-0.05, 0) is 45.4 Å². The van der Waals surface area contributed by atoms with E-state index in [-0.39, 0.29) is 6.04 Å². The Kier molecular flexibility index (Phi) is 3.57. The number of hydrogen-bond donors (Lipinski definition) is 2. The average Bonchev–Trinajstić information content (AvgIpc) is 2.84. The van der Waals surface area contributed by atoms with E-state index in [0.29, 0.717) is 5.89 Å². The number of nitrogens with zero attached hydrogens (tertiary/aromatic N) is 2. The molecule has 0 saturated carbocycles. The van der Waals surface area contributed by atoms with E-state index in [1.165, 1.54) is 6.39 Å². The summed E-state index contributed by atoms with van der Waals surface area (Å²) >= 11 is 0. The van der Waals surface area contributed by atoms with E-state index < -0.39 is 5.60 Å². The van der Waals surface area contributed by atoms with Gasteiger partial charge >= 0.3 is 0 Å². The zero-order valence-electron chi connectivity index (χ0n) is 11.6. The number of rotatable bonds is 4. The minimum atomic E-state index is -0.799. The highest BCUT2D eigenvalue weighted by molar-refractivity contribution is 5.64. The van der Waals surface area contributed by atoms with E-state index in [1.807, 2.05) is 32.0 Å². The molecule has 19 heavy (non-hydrogen) atoms. The van der Waals surface area contributed by atoms with Crippen LogP contribution in [0.4, 0.5) is 5.69 Å². The van der Waals surface area contributed by atoms with Crippen molar-refractivity contribution in [1.29, 1.82) is 0 Å². The summed E-state index contributed by atoms with van der Waals surface area (Å²) in [7, 11) is 0. The summed E-state index contributed by atoms with van der Waals surface area (Å²) in [6.07, 6.45) is 1.31. The van der Waals surface area contributed by atoms with Crippen LogP contribution in [-0.2, 0) is 0 Å². The van der Waals surface area contributed by atoms with Gasteiger partial charge in [0.05, 0.1) is 11.6 Å². The van der Waals surface area contributed by atoms with Gasteiger partial charge in [0, 0.05) is 11.3 Å². The predicted molar refractivity (Wildman–Crippen MR) is 73.9 cm³/mol. The summed E-state index contributed by atoms with van der Waals surface area (Å²) in [5.41, 5.74) is 2.10. The lowest BCUT2D eigenvalue weighted by Gasteiger charge is -2.28. The quantitative estimate of drug-likeness (QED) is 0.885. The van der Waals surface area contributed by atoms with E-state index in [4.69, 9.17) is 4.42 Å². The van der Waals surface area contributed by atoms with Gasteiger partial charge in [0.2, 0.25) is 12.3 Å². The molecule has 2 rings (SSSR count). The summed E-state index contributed by atoms with van der Waals surface area (Å²) in [6.45, 7) is 7.51. The van der Waals surface area contributed by atoms with Crippen LogP contribution in [0.1, 0.15) is 26.3 Å². The largest absolute Gasteiger partial charge is 0.423 e. The Morgan fingerprint density at radius 3 is 2.68 bits per heavy atom. The van der Waals surface area contributed by atoms with Crippen molar-refractivity contribution in [2.45, 2.75) is 39.3 Å². The number of hydrogen-bond acceptors (Lipinski definition) is 5. The van der Waals surface area contributed by atoms with Crippen molar-refractivity contribution in [3.05, 3.63) is 30.2 Å². The number of anilines is 1. The molecular formula is C14H19N3O2. The molecule has 0 bridgehead atoms. The van der Waals surface area contributed by atoms with Crippen LogP contribution < -0.4 is 5.32 Å². The van der Waals surface area contributed by atoms with Crippen LogP contribution in [0.3, 0.4) is 0 Å². The molecule has 2 aromatic rings. The lowest BCUT2D eigenvalue weighted by molar-refractivity contribution is 0.0649. The summed E-state index contributed by atoms with van der Waals surface area (Å²) in [5.74, 6) is 0.485. The number of aromatic nitrogens is 2. The van der Waals surface area contributed by atoms with Crippen LogP contribution in [-0.4, -0.2) is 26.9 Å². The van der Waals surface area contributed by atoms with Crippen LogP contribution in [0.2, 0.25) is 0 Å². The number of aryl methyl sites for hydroxylation is 1. The molecule has 0 aliphatic carbocycles. The second-order valence-corrected chi connectivity index (χ2v) is 5.29. The van der Waals surface area contributed by atoms with Gasteiger partial charge in [-0.2, -0.15) is 0 Å². The standard InChI is InChI=1S/C14H19N3O2/c1-9-5-6-11(13-17-15-8-19-13)7-12(9)16-10(2)14(3,4)18/h5-8,10,16,18H,1-4H3. The average molecular weight is 261 g/mol. The molecule has 1 aromatic heterocycles. The summed E-state index contributed by atoms with van der Waals surface area (Å²) in [4.78, 5) is 0. The van der Waals surface area contributed by atoms with Crippen molar-refractivity contribution in [3.63, 3.8) is 0 Å². The van der Waals surface area contributed by atoms with Gasteiger partial charge in [0.15, 0.2) is 0 Å². The van der Waals surface area contributed by atoms with Gasteiger partial charge in [0.1, 0.15) is 0 Å². The minimum absolute atomic E-state index is 0.0795. The third-order valence-corrected chi connectivity index (χ3v) is 3.28. The van der Waals surface area contributed by atoms with E-state index in [9.17, 15) is 5.11 Å². The first-order chi connectivity index (χ1) is 8.88. The highest BCUT2D eigenvalue weighted by atomic mass is 16.4. The first-order valence-corrected chi connectivity index (χ1v) is 6.24. The van der Waals surface area contributed by atoms with Gasteiger partial charge in [-0.1, -0.05) is 6.07 Å². The molecule has 0 fully saturated rings. The van der Waals surface area contributed by atoms with Crippen LogP contribution >= 0.6 is 0 Å². The van der Waals surface area contributed by atoms with Gasteiger partial charge in [-0.25, -0.2) is 0 Å². The Morgan fingerprint density at radius 2 is 2.11 bits per heavy atom. The molecule has 5 nitrogen and oxygen atoms in total. The van der Waals surface area contributed by atoms with E-state index >= 15 is 0 Å². The van der Waals surface area contributed by atoms with Crippen LogP contribution in [0.15, 0.2) is 29.0 Å². The third kappa shape index (κ3) is 3.12. The first kappa shape index (κ1) is 13.5. The van der Waals surface area contributed by atoms with Gasteiger partial charge in [0.25, 0.3) is 0 Å². The molecule has 0 radical (unpaired) electrons. The summed E-state index contributed by atoms with van der Waals surface area (Å²) < 4.78 is 5.19. The second-order valence-electron chi connectivity index (χ2n) is 5.29. The van der Waals surface area contributed by atoms with Gasteiger partial charge in [-0.3, -0.25) is 0 Å². The SMILES string of the molecule is Cc1ccc(-c2nnco2)cc1NC(C)C(C)(C)O. The molecule has 1 atom stereocenters. The zero-order valence-corrected chi connectivity index (χ0v) is 11.6. The van der Waals surface area contributed by atoms with Gasteiger partial charge in [-0.15, -0.1) is 10.2 Å². The fourth-order valence-electron chi connectivity index (χ4n) is 1.62. The molecule has 5 heteroatoms. The van der Waals surface area contributed by atoms with E-state index in [1.54, 1.807) is 13.8 Å². The van der Waals surface area contributed by atoms with Crippen molar-refractivity contribution in [1.82, 2.24) is 10.2 Å². The molecule has 0 spiro atoms. The Bertz CT molecular complexity index is 544. The van der Waals surface area contributed by atoms with Crippen molar-refractivity contribution in [2.75, 3.05) is 5.32 Å². The highest BCUT2D eigenvalue weighted by Gasteiger charge is 2.22. The number of aliphatic hydroxyl groups is 1. The molecule has 0 aliphatic rings. The van der Waals surface area contributed by atoms with E-state index in [2.05, 4.69) is 15.5 Å². The molecule has 2 N–H and O–H groups in total. The van der Waals surface area contributed by atoms with Crippen LogP contribution in [0.25, 0.3) is 11.5 Å². The van der Waals surface area contributed by atoms with Crippen molar-refractivity contribution in [2.24, 2.45) is 0 Å². The van der Waals surface area contributed by atoms with Crippen molar-refractivity contribution >= 4 is 5.69 Å². The maximum absolute atomic E-state index is 9.99. The molecule has 1 heterocycles. The smallest absolute Gasteiger partial charge is 0.247 e. The highest BCUT2D eigenvalue weighted by Crippen LogP contribution is 2.25. The second kappa shape index (κ2) is 5.01. The molecule has 0 aliphatic heterocycles.